The monoisotopic (exact) mass is 274 g/mol. The van der Waals surface area contributed by atoms with Crippen molar-refractivity contribution in [1.82, 2.24) is 5.32 Å². The summed E-state index contributed by atoms with van der Waals surface area (Å²) in [6.07, 6.45) is 5.13. The number of nitrogens with two attached hydrogens (primary N) is 1. The fourth-order valence-electron chi connectivity index (χ4n) is 3.10. The number of rotatable bonds is 4. The Kier molecular flexibility index (Phi) is 5.18. The van der Waals surface area contributed by atoms with Crippen molar-refractivity contribution in [2.24, 2.45) is 11.7 Å². The lowest BCUT2D eigenvalue weighted by Crippen LogP contribution is -2.45. The second-order valence-electron chi connectivity index (χ2n) is 6.06. The van der Waals surface area contributed by atoms with Crippen LogP contribution in [0.15, 0.2) is 18.2 Å². The quantitative estimate of drug-likeness (QED) is 0.886. The lowest BCUT2D eigenvalue weighted by Gasteiger charge is -2.31. The van der Waals surface area contributed by atoms with Gasteiger partial charge in [-0.3, -0.25) is 4.79 Å². The first-order chi connectivity index (χ1) is 9.60. The molecular weight excluding hydrogens is 248 g/mol. The Morgan fingerprint density at radius 1 is 1.30 bits per heavy atom. The topological polar surface area (TPSA) is 55.1 Å². The van der Waals surface area contributed by atoms with E-state index in [9.17, 15) is 4.79 Å². The molecule has 3 heteroatoms. The Bertz CT molecular complexity index is 470. The minimum atomic E-state index is 0.129. The van der Waals surface area contributed by atoms with E-state index in [4.69, 9.17) is 5.73 Å². The van der Waals surface area contributed by atoms with Crippen molar-refractivity contribution in [1.29, 1.82) is 0 Å². The van der Waals surface area contributed by atoms with Crippen molar-refractivity contribution in [2.45, 2.75) is 52.0 Å². The summed E-state index contributed by atoms with van der Waals surface area (Å²) in [5, 5.41) is 3.20. The van der Waals surface area contributed by atoms with Gasteiger partial charge in [0.15, 0.2) is 0 Å². The van der Waals surface area contributed by atoms with Crippen LogP contribution in [0.2, 0.25) is 0 Å². The molecule has 1 aromatic carbocycles. The Hall–Kier alpha value is -1.35. The van der Waals surface area contributed by atoms with Gasteiger partial charge in [-0.25, -0.2) is 0 Å². The van der Waals surface area contributed by atoms with Crippen molar-refractivity contribution >= 4 is 5.91 Å². The maximum Gasteiger partial charge on any atom is 0.224 e. The van der Waals surface area contributed by atoms with E-state index >= 15 is 0 Å². The molecular formula is C17H26N2O. The van der Waals surface area contributed by atoms with Crippen LogP contribution < -0.4 is 11.1 Å². The molecule has 1 aliphatic carbocycles. The van der Waals surface area contributed by atoms with Crippen molar-refractivity contribution in [3.05, 3.63) is 34.9 Å². The van der Waals surface area contributed by atoms with Crippen molar-refractivity contribution in [2.75, 3.05) is 6.54 Å². The highest BCUT2D eigenvalue weighted by Gasteiger charge is 2.25. The molecule has 1 fully saturated rings. The Balaban J connectivity index is 1.96. The molecule has 1 aromatic rings. The fourth-order valence-corrected chi connectivity index (χ4v) is 3.10. The molecule has 110 valence electrons. The first-order valence-corrected chi connectivity index (χ1v) is 7.65. The first kappa shape index (κ1) is 15.0. The number of nitrogens with one attached hydrogen (secondary N) is 1. The van der Waals surface area contributed by atoms with Gasteiger partial charge in [0.05, 0.1) is 6.42 Å². The number of amides is 1. The zero-order valence-electron chi connectivity index (χ0n) is 12.6. The van der Waals surface area contributed by atoms with Crippen LogP contribution in [-0.2, 0) is 11.2 Å². The molecule has 2 atom stereocenters. The van der Waals surface area contributed by atoms with Gasteiger partial charge < -0.3 is 11.1 Å². The number of carbonyl (C=O) groups excluding carboxylic acids is 1. The summed E-state index contributed by atoms with van der Waals surface area (Å²) < 4.78 is 0. The smallest absolute Gasteiger partial charge is 0.224 e. The number of hydrogen-bond acceptors (Lipinski definition) is 2. The highest BCUT2D eigenvalue weighted by atomic mass is 16.1. The third-order valence-corrected chi connectivity index (χ3v) is 4.41. The average Bonchev–Trinajstić information content (AvgIpc) is 2.43. The summed E-state index contributed by atoms with van der Waals surface area (Å²) in [6, 6.07) is 6.55. The summed E-state index contributed by atoms with van der Waals surface area (Å²) >= 11 is 0. The summed E-state index contributed by atoms with van der Waals surface area (Å²) in [5.74, 6) is 0.579. The molecule has 20 heavy (non-hydrogen) atoms. The molecule has 0 bridgehead atoms. The summed E-state index contributed by atoms with van der Waals surface area (Å²) in [7, 11) is 0. The summed E-state index contributed by atoms with van der Waals surface area (Å²) in [4.78, 5) is 12.3. The van der Waals surface area contributed by atoms with Gasteiger partial charge >= 0.3 is 0 Å². The van der Waals surface area contributed by atoms with E-state index < -0.39 is 0 Å². The zero-order chi connectivity index (χ0) is 14.5. The highest BCUT2D eigenvalue weighted by Crippen LogP contribution is 2.23. The van der Waals surface area contributed by atoms with Gasteiger partial charge in [-0.1, -0.05) is 36.6 Å². The standard InChI is InChI=1S/C17H26N2O/c1-12-7-8-13(2)15(9-12)10-17(20)19-16-6-4-3-5-14(16)11-18/h7-9,14,16H,3-6,10-11,18H2,1-2H3,(H,19,20). The Morgan fingerprint density at radius 2 is 2.05 bits per heavy atom. The van der Waals surface area contributed by atoms with E-state index in [-0.39, 0.29) is 11.9 Å². The van der Waals surface area contributed by atoms with E-state index in [0.717, 1.165) is 18.4 Å². The van der Waals surface area contributed by atoms with Gasteiger partial charge in [0.25, 0.3) is 0 Å². The predicted molar refractivity (Wildman–Crippen MR) is 82.6 cm³/mol. The molecule has 0 aromatic heterocycles. The van der Waals surface area contributed by atoms with Gasteiger partial charge in [0, 0.05) is 6.04 Å². The predicted octanol–water partition coefficient (Wildman–Crippen LogP) is 2.48. The highest BCUT2D eigenvalue weighted by molar-refractivity contribution is 5.79. The van der Waals surface area contributed by atoms with Gasteiger partial charge in [-0.05, 0) is 50.3 Å². The number of carbonyl (C=O) groups is 1. The first-order valence-electron chi connectivity index (χ1n) is 7.65. The van der Waals surface area contributed by atoms with Gasteiger partial charge in [0.2, 0.25) is 5.91 Å². The number of benzene rings is 1. The maximum atomic E-state index is 12.3. The van der Waals surface area contributed by atoms with Crippen LogP contribution in [0.5, 0.6) is 0 Å². The number of aryl methyl sites for hydroxylation is 2. The molecule has 3 nitrogen and oxygen atoms in total. The fraction of sp³-hybridized carbons (Fsp3) is 0.588. The summed E-state index contributed by atoms with van der Waals surface area (Å²) in [5.41, 5.74) is 9.33. The van der Waals surface area contributed by atoms with Crippen LogP contribution in [0.3, 0.4) is 0 Å². The molecule has 0 radical (unpaired) electrons. The second-order valence-corrected chi connectivity index (χ2v) is 6.06. The number of hydrogen-bond donors (Lipinski definition) is 2. The van der Waals surface area contributed by atoms with Crippen LogP contribution in [0, 0.1) is 19.8 Å². The molecule has 0 saturated heterocycles. The molecule has 2 rings (SSSR count). The summed E-state index contributed by atoms with van der Waals surface area (Å²) in [6.45, 7) is 4.80. The molecule has 0 heterocycles. The van der Waals surface area contributed by atoms with Crippen LogP contribution in [-0.4, -0.2) is 18.5 Å². The third kappa shape index (κ3) is 3.83. The van der Waals surface area contributed by atoms with E-state index in [1.54, 1.807) is 0 Å². The molecule has 1 aliphatic rings. The molecule has 0 aliphatic heterocycles. The van der Waals surface area contributed by atoms with Gasteiger partial charge in [-0.15, -0.1) is 0 Å². The van der Waals surface area contributed by atoms with Crippen molar-refractivity contribution in [3.8, 4) is 0 Å². The lowest BCUT2D eigenvalue weighted by atomic mass is 9.84. The van der Waals surface area contributed by atoms with Crippen molar-refractivity contribution in [3.63, 3.8) is 0 Å². The third-order valence-electron chi connectivity index (χ3n) is 4.41. The minimum absolute atomic E-state index is 0.129. The average molecular weight is 274 g/mol. The Morgan fingerprint density at radius 3 is 2.80 bits per heavy atom. The second kappa shape index (κ2) is 6.89. The van der Waals surface area contributed by atoms with Gasteiger partial charge in [-0.2, -0.15) is 0 Å². The maximum absolute atomic E-state index is 12.3. The van der Waals surface area contributed by atoms with Gasteiger partial charge in [0.1, 0.15) is 0 Å². The molecule has 3 N–H and O–H groups in total. The molecule has 1 saturated carbocycles. The van der Waals surface area contributed by atoms with Crippen molar-refractivity contribution < 1.29 is 4.79 Å². The Labute approximate surface area is 121 Å². The lowest BCUT2D eigenvalue weighted by molar-refractivity contribution is -0.121. The van der Waals surface area contributed by atoms with E-state index in [1.807, 2.05) is 0 Å². The SMILES string of the molecule is Cc1ccc(C)c(CC(=O)NC2CCCCC2CN)c1. The zero-order valence-corrected chi connectivity index (χ0v) is 12.6. The van der Waals surface area contributed by atoms with E-state index in [2.05, 4.69) is 37.4 Å². The minimum Gasteiger partial charge on any atom is -0.353 e. The normalized spacial score (nSPS) is 22.6. The largest absolute Gasteiger partial charge is 0.353 e. The molecule has 2 unspecified atom stereocenters. The van der Waals surface area contributed by atoms with E-state index in [1.165, 1.54) is 24.0 Å². The molecule has 1 amide bonds. The van der Waals surface area contributed by atoms with Crippen LogP contribution in [0.4, 0.5) is 0 Å². The van der Waals surface area contributed by atoms with E-state index in [0.29, 0.717) is 18.9 Å². The molecule has 0 spiro atoms. The van der Waals surface area contributed by atoms with Crippen LogP contribution in [0.25, 0.3) is 0 Å². The van der Waals surface area contributed by atoms with Crippen LogP contribution in [0.1, 0.15) is 42.4 Å². The van der Waals surface area contributed by atoms with Crippen LogP contribution >= 0.6 is 0 Å².